The van der Waals surface area contributed by atoms with Crippen molar-refractivity contribution in [2.24, 2.45) is 17.8 Å². The summed E-state index contributed by atoms with van der Waals surface area (Å²) in [6, 6.07) is 12.4. The number of para-hydroxylation sites is 1. The van der Waals surface area contributed by atoms with Crippen LogP contribution in [0.2, 0.25) is 0 Å². The van der Waals surface area contributed by atoms with Gasteiger partial charge < -0.3 is 14.8 Å². The molecule has 6 heteroatoms. The van der Waals surface area contributed by atoms with E-state index in [-0.39, 0.29) is 17.2 Å². The fourth-order valence-corrected chi connectivity index (χ4v) is 5.08. The highest BCUT2D eigenvalue weighted by molar-refractivity contribution is 6.04. The summed E-state index contributed by atoms with van der Waals surface area (Å²) >= 11 is 0. The van der Waals surface area contributed by atoms with Gasteiger partial charge in [-0.1, -0.05) is 71.4 Å². The number of hydrogen-bond acceptors (Lipinski definition) is 5. The SMILES string of the molecule is CCc1cccc(CC)c1NC(=O)COC(=O)c1ccccc1C(=O)O[C@@H]1C[C@H](C)CC[C@H]1C(C)C. The van der Waals surface area contributed by atoms with Crippen LogP contribution in [0.5, 0.6) is 0 Å². The molecule has 2 aromatic rings. The van der Waals surface area contributed by atoms with Crippen molar-refractivity contribution in [2.75, 3.05) is 11.9 Å². The molecular formula is C30H39NO5. The maximum absolute atomic E-state index is 13.1. The summed E-state index contributed by atoms with van der Waals surface area (Å²) < 4.78 is 11.2. The Balaban J connectivity index is 1.67. The number of hydrogen-bond donors (Lipinski definition) is 1. The number of amides is 1. The van der Waals surface area contributed by atoms with E-state index in [4.69, 9.17) is 9.47 Å². The maximum Gasteiger partial charge on any atom is 0.339 e. The Morgan fingerprint density at radius 1 is 0.917 bits per heavy atom. The molecule has 1 amide bonds. The van der Waals surface area contributed by atoms with Crippen molar-refractivity contribution in [1.29, 1.82) is 0 Å². The minimum atomic E-state index is -0.727. The van der Waals surface area contributed by atoms with E-state index in [1.54, 1.807) is 18.2 Å². The number of benzene rings is 2. The molecule has 0 spiro atoms. The summed E-state index contributed by atoms with van der Waals surface area (Å²) in [6.07, 6.45) is 4.34. The first kappa shape index (κ1) is 27.4. The number of rotatable bonds is 9. The molecule has 0 heterocycles. The molecule has 1 saturated carbocycles. The van der Waals surface area contributed by atoms with Gasteiger partial charge >= 0.3 is 11.9 Å². The van der Waals surface area contributed by atoms with Crippen LogP contribution in [0.15, 0.2) is 42.5 Å². The molecule has 0 saturated heterocycles. The number of nitrogens with one attached hydrogen (secondary N) is 1. The van der Waals surface area contributed by atoms with Crippen molar-refractivity contribution in [1.82, 2.24) is 0 Å². The third kappa shape index (κ3) is 6.74. The largest absolute Gasteiger partial charge is 0.458 e. The molecule has 1 aliphatic rings. The van der Waals surface area contributed by atoms with E-state index >= 15 is 0 Å². The minimum absolute atomic E-state index is 0.100. The van der Waals surface area contributed by atoms with Crippen LogP contribution in [0.1, 0.15) is 85.7 Å². The van der Waals surface area contributed by atoms with Crippen LogP contribution < -0.4 is 5.32 Å². The summed E-state index contributed by atoms with van der Waals surface area (Å²) in [5.41, 5.74) is 3.09. The average molecular weight is 494 g/mol. The minimum Gasteiger partial charge on any atom is -0.458 e. The van der Waals surface area contributed by atoms with Gasteiger partial charge in [-0.05, 0) is 66.7 Å². The first-order chi connectivity index (χ1) is 17.2. The van der Waals surface area contributed by atoms with Crippen LogP contribution in [-0.4, -0.2) is 30.6 Å². The highest BCUT2D eigenvalue weighted by Crippen LogP contribution is 2.36. The molecule has 2 aromatic carbocycles. The van der Waals surface area contributed by atoms with Gasteiger partial charge in [0.25, 0.3) is 5.91 Å². The first-order valence-corrected chi connectivity index (χ1v) is 13.1. The maximum atomic E-state index is 13.1. The van der Waals surface area contributed by atoms with E-state index in [0.717, 1.165) is 48.9 Å². The molecule has 1 N–H and O–H groups in total. The lowest BCUT2D eigenvalue weighted by molar-refractivity contribution is -0.119. The van der Waals surface area contributed by atoms with Gasteiger partial charge in [0.2, 0.25) is 0 Å². The highest BCUT2D eigenvalue weighted by atomic mass is 16.5. The number of anilines is 1. The van der Waals surface area contributed by atoms with Crippen LogP contribution in [0.3, 0.4) is 0 Å². The lowest BCUT2D eigenvalue weighted by Gasteiger charge is -2.36. The molecule has 194 valence electrons. The molecule has 6 nitrogen and oxygen atoms in total. The van der Waals surface area contributed by atoms with Crippen molar-refractivity contribution < 1.29 is 23.9 Å². The van der Waals surface area contributed by atoms with E-state index in [9.17, 15) is 14.4 Å². The second-order valence-corrected chi connectivity index (χ2v) is 10.1. The van der Waals surface area contributed by atoms with Gasteiger partial charge in [0, 0.05) is 5.69 Å². The molecule has 0 aliphatic heterocycles. The third-order valence-corrected chi connectivity index (χ3v) is 7.18. The molecule has 0 radical (unpaired) electrons. The summed E-state index contributed by atoms with van der Waals surface area (Å²) in [6.45, 7) is 10.1. The molecule has 1 aliphatic carbocycles. The first-order valence-electron chi connectivity index (χ1n) is 13.1. The predicted octanol–water partition coefficient (Wildman–Crippen LogP) is 6.22. The van der Waals surface area contributed by atoms with Gasteiger partial charge in [-0.3, -0.25) is 4.79 Å². The fraction of sp³-hybridized carbons (Fsp3) is 0.500. The molecule has 36 heavy (non-hydrogen) atoms. The van der Waals surface area contributed by atoms with Crippen LogP contribution >= 0.6 is 0 Å². The van der Waals surface area contributed by atoms with Gasteiger partial charge in [-0.2, -0.15) is 0 Å². The van der Waals surface area contributed by atoms with Crippen LogP contribution in [0.25, 0.3) is 0 Å². The van der Waals surface area contributed by atoms with Gasteiger partial charge in [0.15, 0.2) is 6.61 Å². The topological polar surface area (TPSA) is 81.7 Å². The number of carbonyl (C=O) groups is 3. The van der Waals surface area contributed by atoms with Gasteiger partial charge in [-0.15, -0.1) is 0 Å². The van der Waals surface area contributed by atoms with Crippen LogP contribution in [0, 0.1) is 17.8 Å². The van der Waals surface area contributed by atoms with Gasteiger partial charge in [0.1, 0.15) is 6.10 Å². The van der Waals surface area contributed by atoms with E-state index in [1.807, 2.05) is 32.0 Å². The number of aryl methyl sites for hydroxylation is 2. The smallest absolute Gasteiger partial charge is 0.339 e. The Hall–Kier alpha value is -3.15. The fourth-order valence-electron chi connectivity index (χ4n) is 5.08. The quantitative estimate of drug-likeness (QED) is 0.419. The summed E-state index contributed by atoms with van der Waals surface area (Å²) in [5, 5.41) is 2.89. The molecule has 0 aromatic heterocycles. The lowest BCUT2D eigenvalue weighted by atomic mass is 9.75. The van der Waals surface area contributed by atoms with Crippen molar-refractivity contribution in [3.8, 4) is 0 Å². The normalized spacial score (nSPS) is 19.6. The average Bonchev–Trinajstić information content (AvgIpc) is 2.87. The zero-order valence-corrected chi connectivity index (χ0v) is 22.1. The number of esters is 2. The van der Waals surface area contributed by atoms with Crippen molar-refractivity contribution in [3.63, 3.8) is 0 Å². The summed E-state index contributed by atoms with van der Waals surface area (Å²) in [5.74, 6) is -0.486. The highest BCUT2D eigenvalue weighted by Gasteiger charge is 2.34. The molecule has 0 unspecified atom stereocenters. The Bertz CT molecular complexity index is 1050. The number of ether oxygens (including phenoxy) is 2. The standard InChI is InChI=1S/C30H39NO5/c1-6-21-11-10-12-22(7-2)28(21)31-27(32)18-35-29(33)24-13-8-9-14-25(24)30(34)36-26-17-20(5)15-16-23(26)19(3)4/h8-14,19-20,23,26H,6-7,15-18H2,1-5H3,(H,31,32)/t20-,23+,26-/m1/s1. The van der Waals surface area contributed by atoms with Gasteiger partial charge in [0.05, 0.1) is 11.1 Å². The van der Waals surface area contributed by atoms with E-state index in [2.05, 4.69) is 26.1 Å². The Kier molecular flexibility index (Phi) is 9.68. The predicted molar refractivity (Wildman–Crippen MR) is 141 cm³/mol. The van der Waals surface area contributed by atoms with Crippen molar-refractivity contribution in [2.45, 2.75) is 72.8 Å². The second kappa shape index (κ2) is 12.7. The van der Waals surface area contributed by atoms with Crippen molar-refractivity contribution >= 4 is 23.5 Å². The lowest BCUT2D eigenvalue weighted by Crippen LogP contribution is -2.36. The van der Waals surface area contributed by atoms with E-state index in [0.29, 0.717) is 17.8 Å². The monoisotopic (exact) mass is 493 g/mol. The zero-order chi connectivity index (χ0) is 26.2. The Morgan fingerprint density at radius 2 is 1.53 bits per heavy atom. The molecular weight excluding hydrogens is 454 g/mol. The molecule has 1 fully saturated rings. The summed E-state index contributed by atoms with van der Waals surface area (Å²) in [4.78, 5) is 38.6. The number of carbonyl (C=O) groups excluding carboxylic acids is 3. The third-order valence-electron chi connectivity index (χ3n) is 7.18. The second-order valence-electron chi connectivity index (χ2n) is 10.1. The van der Waals surface area contributed by atoms with E-state index < -0.39 is 24.5 Å². The molecule has 3 atom stereocenters. The van der Waals surface area contributed by atoms with Crippen molar-refractivity contribution in [3.05, 3.63) is 64.7 Å². The molecule has 3 rings (SSSR count). The zero-order valence-electron chi connectivity index (χ0n) is 22.1. The Labute approximate surface area is 214 Å². The van der Waals surface area contributed by atoms with Crippen LogP contribution in [-0.2, 0) is 27.1 Å². The van der Waals surface area contributed by atoms with Crippen LogP contribution in [0.4, 0.5) is 5.69 Å². The van der Waals surface area contributed by atoms with E-state index in [1.165, 1.54) is 6.07 Å². The summed E-state index contributed by atoms with van der Waals surface area (Å²) in [7, 11) is 0. The van der Waals surface area contributed by atoms with Gasteiger partial charge in [-0.25, -0.2) is 9.59 Å². The molecule has 0 bridgehead atoms. The Morgan fingerprint density at radius 3 is 2.11 bits per heavy atom.